The second kappa shape index (κ2) is 6.50. The fraction of sp³-hybridized carbons (Fsp3) is 0.526. The summed E-state index contributed by atoms with van der Waals surface area (Å²) in [7, 11) is 3.96. The van der Waals surface area contributed by atoms with Crippen LogP contribution in [0.15, 0.2) is 22.9 Å². The minimum absolute atomic E-state index is 0.0117. The summed E-state index contributed by atoms with van der Waals surface area (Å²) in [5.74, 6) is 1.83. The predicted octanol–water partition coefficient (Wildman–Crippen LogP) is 2.99. The number of rotatable bonds is 3. The Hall–Kier alpha value is -2.37. The Morgan fingerprint density at radius 3 is 2.96 bits per heavy atom. The van der Waals surface area contributed by atoms with Crippen LogP contribution in [-0.2, 0) is 12.8 Å². The molecule has 0 unspecified atom stereocenters. The summed E-state index contributed by atoms with van der Waals surface area (Å²) in [5, 5.41) is 4.13. The van der Waals surface area contributed by atoms with Gasteiger partial charge in [0.1, 0.15) is 11.6 Å². The Morgan fingerprint density at radius 2 is 2.12 bits per heavy atom. The molecule has 1 aliphatic carbocycles. The highest BCUT2D eigenvalue weighted by atomic mass is 16.5. The molecular weight excluding hydrogens is 316 g/mol. The molecule has 2 aromatic heterocycles. The maximum Gasteiger partial charge on any atom is 0.276 e. The molecule has 1 fully saturated rings. The monoisotopic (exact) mass is 340 g/mol. The van der Waals surface area contributed by atoms with E-state index in [-0.39, 0.29) is 11.9 Å². The molecular formula is C19H24N4O2. The Bertz CT molecular complexity index is 783. The summed E-state index contributed by atoms with van der Waals surface area (Å²) in [6.07, 6.45) is 7.83. The molecule has 1 saturated heterocycles. The molecule has 3 heterocycles. The number of amides is 1. The first-order chi connectivity index (χ1) is 12.1. The lowest BCUT2D eigenvalue weighted by Crippen LogP contribution is -2.31. The zero-order valence-corrected chi connectivity index (χ0v) is 14.9. The van der Waals surface area contributed by atoms with Crippen LogP contribution in [0.2, 0.25) is 0 Å². The molecule has 132 valence electrons. The molecule has 0 aromatic carbocycles. The number of nitrogens with zero attached hydrogens (tertiary/aromatic N) is 4. The molecule has 4 rings (SSSR count). The number of carbonyl (C=O) groups is 1. The Labute approximate surface area is 147 Å². The first-order valence-electron chi connectivity index (χ1n) is 9.07. The highest BCUT2D eigenvalue weighted by Gasteiger charge is 2.34. The van der Waals surface area contributed by atoms with Gasteiger partial charge in [-0.2, -0.15) is 0 Å². The topological polar surface area (TPSA) is 62.5 Å². The van der Waals surface area contributed by atoms with Crippen LogP contribution >= 0.6 is 0 Å². The van der Waals surface area contributed by atoms with Gasteiger partial charge in [-0.3, -0.25) is 4.79 Å². The first-order valence-corrected chi connectivity index (χ1v) is 9.07. The molecule has 0 spiro atoms. The minimum atomic E-state index is 0.0117. The average molecular weight is 340 g/mol. The fourth-order valence-corrected chi connectivity index (χ4v) is 3.93. The molecule has 1 atom stereocenters. The van der Waals surface area contributed by atoms with E-state index >= 15 is 0 Å². The van der Waals surface area contributed by atoms with Crippen molar-refractivity contribution in [3.63, 3.8) is 0 Å². The highest BCUT2D eigenvalue weighted by molar-refractivity contribution is 5.94. The minimum Gasteiger partial charge on any atom is -0.363 e. The number of likely N-dealkylation sites (tertiary alicyclic amines) is 1. The molecule has 1 amide bonds. The summed E-state index contributed by atoms with van der Waals surface area (Å²) in [4.78, 5) is 21.5. The lowest BCUT2D eigenvalue weighted by Gasteiger charge is -2.25. The third-order valence-corrected chi connectivity index (χ3v) is 5.28. The van der Waals surface area contributed by atoms with Gasteiger partial charge >= 0.3 is 0 Å². The number of aromatic nitrogens is 2. The summed E-state index contributed by atoms with van der Waals surface area (Å²) in [6.45, 7) is 0.769. The van der Waals surface area contributed by atoms with Gasteiger partial charge in [0.15, 0.2) is 5.69 Å². The van der Waals surface area contributed by atoms with Gasteiger partial charge in [0, 0.05) is 38.8 Å². The van der Waals surface area contributed by atoms with Crippen molar-refractivity contribution in [3.8, 4) is 0 Å². The lowest BCUT2D eigenvalue weighted by molar-refractivity contribution is 0.0724. The van der Waals surface area contributed by atoms with Gasteiger partial charge in [0.2, 0.25) is 0 Å². The number of hydrogen-bond acceptors (Lipinski definition) is 5. The van der Waals surface area contributed by atoms with Crippen LogP contribution in [0.4, 0.5) is 5.82 Å². The van der Waals surface area contributed by atoms with Crippen molar-refractivity contribution >= 4 is 11.7 Å². The third-order valence-electron chi connectivity index (χ3n) is 5.28. The van der Waals surface area contributed by atoms with Crippen LogP contribution < -0.4 is 4.90 Å². The lowest BCUT2D eigenvalue weighted by atomic mass is 9.96. The van der Waals surface area contributed by atoms with Crippen molar-refractivity contribution in [2.45, 2.75) is 44.6 Å². The molecule has 0 bridgehead atoms. The van der Waals surface area contributed by atoms with E-state index in [1.54, 1.807) is 0 Å². The summed E-state index contributed by atoms with van der Waals surface area (Å²) in [5.41, 5.74) is 2.70. The summed E-state index contributed by atoms with van der Waals surface area (Å²) >= 11 is 0. The second-order valence-corrected chi connectivity index (χ2v) is 7.14. The van der Waals surface area contributed by atoms with E-state index in [0.29, 0.717) is 5.69 Å². The third kappa shape index (κ3) is 2.90. The molecule has 2 aromatic rings. The second-order valence-electron chi connectivity index (χ2n) is 7.14. The normalized spacial score (nSPS) is 19.8. The van der Waals surface area contributed by atoms with Crippen LogP contribution in [0.5, 0.6) is 0 Å². The smallest absolute Gasteiger partial charge is 0.276 e. The van der Waals surface area contributed by atoms with Gasteiger partial charge in [-0.15, -0.1) is 0 Å². The van der Waals surface area contributed by atoms with E-state index in [0.717, 1.165) is 67.8 Å². The molecule has 1 aliphatic heterocycles. The van der Waals surface area contributed by atoms with E-state index in [2.05, 4.69) is 16.2 Å². The van der Waals surface area contributed by atoms with Crippen molar-refractivity contribution in [1.82, 2.24) is 15.0 Å². The molecule has 0 radical (unpaired) electrons. The predicted molar refractivity (Wildman–Crippen MR) is 94.7 cm³/mol. The van der Waals surface area contributed by atoms with E-state index in [1.807, 2.05) is 36.2 Å². The van der Waals surface area contributed by atoms with Crippen molar-refractivity contribution in [2.24, 2.45) is 0 Å². The van der Waals surface area contributed by atoms with Crippen molar-refractivity contribution in [3.05, 3.63) is 40.9 Å². The van der Waals surface area contributed by atoms with Crippen LogP contribution in [0.25, 0.3) is 0 Å². The van der Waals surface area contributed by atoms with Crippen molar-refractivity contribution in [2.75, 3.05) is 25.5 Å². The standard InChI is InChI=1S/C19H24N4O2/c1-22(2)17-12-13(9-10-20-17)15-7-5-11-23(15)19(24)18-14-6-3-4-8-16(14)25-21-18/h9-10,12,15H,3-8,11H2,1-2H3/t15-/m0/s1. The van der Waals surface area contributed by atoms with Gasteiger partial charge in [-0.05, 0) is 49.8 Å². The SMILES string of the molecule is CN(C)c1cc([C@@H]2CCCN2C(=O)c2noc3c2CCCC3)ccn1. The van der Waals surface area contributed by atoms with E-state index in [4.69, 9.17) is 4.52 Å². The van der Waals surface area contributed by atoms with Crippen LogP contribution in [0, 0.1) is 0 Å². The van der Waals surface area contributed by atoms with Gasteiger partial charge in [-0.1, -0.05) is 5.16 Å². The highest BCUT2D eigenvalue weighted by Crippen LogP contribution is 2.35. The molecule has 0 N–H and O–H groups in total. The number of anilines is 1. The molecule has 6 nitrogen and oxygen atoms in total. The van der Waals surface area contributed by atoms with Crippen LogP contribution in [-0.4, -0.2) is 41.6 Å². The maximum absolute atomic E-state index is 13.2. The number of aryl methyl sites for hydroxylation is 1. The Balaban J connectivity index is 1.62. The van der Waals surface area contributed by atoms with Crippen molar-refractivity contribution in [1.29, 1.82) is 0 Å². The van der Waals surface area contributed by atoms with Gasteiger partial charge < -0.3 is 14.3 Å². The number of pyridine rings is 1. The maximum atomic E-state index is 13.2. The molecule has 2 aliphatic rings. The molecule has 0 saturated carbocycles. The van der Waals surface area contributed by atoms with Crippen LogP contribution in [0.3, 0.4) is 0 Å². The van der Waals surface area contributed by atoms with E-state index in [1.165, 1.54) is 0 Å². The molecule has 25 heavy (non-hydrogen) atoms. The summed E-state index contributed by atoms with van der Waals surface area (Å²) in [6, 6.07) is 4.18. The van der Waals surface area contributed by atoms with Gasteiger partial charge in [0.05, 0.1) is 6.04 Å². The fourth-order valence-electron chi connectivity index (χ4n) is 3.93. The Morgan fingerprint density at radius 1 is 1.28 bits per heavy atom. The first kappa shape index (κ1) is 16.1. The van der Waals surface area contributed by atoms with Crippen LogP contribution in [0.1, 0.15) is 59.1 Å². The quantitative estimate of drug-likeness (QED) is 0.859. The zero-order valence-electron chi connectivity index (χ0n) is 14.9. The molecule has 6 heteroatoms. The van der Waals surface area contributed by atoms with Gasteiger partial charge in [-0.25, -0.2) is 4.98 Å². The Kier molecular flexibility index (Phi) is 4.19. The van der Waals surface area contributed by atoms with E-state index < -0.39 is 0 Å². The number of hydrogen-bond donors (Lipinski definition) is 0. The average Bonchev–Trinajstić information content (AvgIpc) is 3.28. The number of carbonyl (C=O) groups excluding carboxylic acids is 1. The van der Waals surface area contributed by atoms with Gasteiger partial charge in [0.25, 0.3) is 5.91 Å². The summed E-state index contributed by atoms with van der Waals surface area (Å²) < 4.78 is 5.45. The zero-order chi connectivity index (χ0) is 17.4. The number of fused-ring (bicyclic) bond motifs is 1. The van der Waals surface area contributed by atoms with Crippen molar-refractivity contribution < 1.29 is 9.32 Å². The largest absolute Gasteiger partial charge is 0.363 e. The van der Waals surface area contributed by atoms with E-state index in [9.17, 15) is 4.79 Å².